The summed E-state index contributed by atoms with van der Waals surface area (Å²) in [4.78, 5) is 40.1. The number of carbonyl (C=O) groups is 3. The van der Waals surface area contributed by atoms with Crippen LogP contribution >= 0.6 is 0 Å². The van der Waals surface area contributed by atoms with E-state index in [0.29, 0.717) is 71.4 Å². The Morgan fingerprint density at radius 2 is 1.51 bits per heavy atom. The molecule has 9 heteroatoms. The minimum Gasteiger partial charge on any atom is -0.496 e. The maximum absolute atomic E-state index is 12.0. The predicted molar refractivity (Wildman–Crippen MR) is 161 cm³/mol. The topological polar surface area (TPSA) is 110 Å². The number of pyridine rings is 1. The second-order valence-electron chi connectivity index (χ2n) is 9.52. The Kier molecular flexibility index (Phi) is 12.6. The lowest BCUT2D eigenvalue weighted by molar-refractivity contribution is -0.140. The fourth-order valence-electron chi connectivity index (χ4n) is 4.30. The summed E-state index contributed by atoms with van der Waals surface area (Å²) in [6, 6.07) is 13.8. The smallest absolute Gasteiger partial charge is 0.337 e. The molecule has 0 atom stereocenters. The Hall–Kier alpha value is -4.84. The van der Waals surface area contributed by atoms with Crippen LogP contribution in [0, 0.1) is 11.8 Å². The second-order valence-corrected chi connectivity index (χ2v) is 9.52. The van der Waals surface area contributed by atoms with Crippen LogP contribution in [0.2, 0.25) is 0 Å². The average Bonchev–Trinajstić information content (AvgIpc) is 3.03. The first kappa shape index (κ1) is 32.7. The van der Waals surface area contributed by atoms with Gasteiger partial charge in [-0.15, -0.1) is 0 Å². The molecule has 226 valence electrons. The van der Waals surface area contributed by atoms with Gasteiger partial charge in [-0.3, -0.25) is 9.59 Å². The van der Waals surface area contributed by atoms with E-state index in [1.54, 1.807) is 49.6 Å². The van der Waals surface area contributed by atoms with Crippen molar-refractivity contribution in [1.82, 2.24) is 4.98 Å². The maximum atomic E-state index is 12.0. The molecule has 0 bridgehead atoms. The highest BCUT2D eigenvalue weighted by Gasteiger charge is 2.17. The van der Waals surface area contributed by atoms with Gasteiger partial charge in [0.2, 0.25) is 0 Å². The molecule has 3 rings (SSSR count). The molecule has 0 aliphatic carbocycles. The molecule has 1 heterocycles. The first-order chi connectivity index (χ1) is 20.8. The van der Waals surface area contributed by atoms with E-state index in [9.17, 15) is 14.4 Å². The number of Topliss-reactive ketones (excluding diaryl/α,β-unsaturated/α-hetero) is 1. The van der Waals surface area contributed by atoms with Crippen LogP contribution in [0.4, 0.5) is 0 Å². The van der Waals surface area contributed by atoms with Crippen molar-refractivity contribution in [3.63, 3.8) is 0 Å². The van der Waals surface area contributed by atoms with Gasteiger partial charge in [-0.1, -0.05) is 19.3 Å². The van der Waals surface area contributed by atoms with Crippen molar-refractivity contribution in [1.29, 1.82) is 0 Å². The number of ketones is 1. The molecule has 0 fully saturated rings. The Balaban J connectivity index is 1.68. The summed E-state index contributed by atoms with van der Waals surface area (Å²) in [6.07, 6.45) is 2.65. The minimum atomic E-state index is -0.414. The van der Waals surface area contributed by atoms with Crippen LogP contribution in [0.1, 0.15) is 76.3 Å². The lowest BCUT2D eigenvalue weighted by Crippen LogP contribution is -2.10. The van der Waals surface area contributed by atoms with Gasteiger partial charge < -0.3 is 23.7 Å². The van der Waals surface area contributed by atoms with Crippen molar-refractivity contribution in [2.75, 3.05) is 34.5 Å². The van der Waals surface area contributed by atoms with Crippen molar-refractivity contribution in [3.8, 4) is 29.1 Å². The van der Waals surface area contributed by atoms with Gasteiger partial charge in [-0.2, -0.15) is 0 Å². The van der Waals surface area contributed by atoms with Gasteiger partial charge in [0.15, 0.2) is 5.78 Å². The maximum Gasteiger partial charge on any atom is 0.337 e. The molecule has 3 aromatic rings. The van der Waals surface area contributed by atoms with Gasteiger partial charge in [-0.25, -0.2) is 9.78 Å². The van der Waals surface area contributed by atoms with Crippen molar-refractivity contribution < 1.29 is 38.1 Å². The number of aromatic nitrogens is 1. The van der Waals surface area contributed by atoms with E-state index in [-0.39, 0.29) is 18.2 Å². The highest BCUT2D eigenvalue weighted by molar-refractivity contribution is 5.97. The van der Waals surface area contributed by atoms with Crippen molar-refractivity contribution >= 4 is 17.7 Å². The van der Waals surface area contributed by atoms with Crippen molar-refractivity contribution in [2.45, 2.75) is 46.0 Å². The van der Waals surface area contributed by atoms with Gasteiger partial charge in [0.05, 0.1) is 57.8 Å². The summed E-state index contributed by atoms with van der Waals surface area (Å²) in [7, 11) is 4.24. The summed E-state index contributed by atoms with van der Waals surface area (Å²) in [5.41, 5.74) is 3.67. The highest BCUT2D eigenvalue weighted by Crippen LogP contribution is 2.34. The van der Waals surface area contributed by atoms with E-state index in [1.165, 1.54) is 21.1 Å². The zero-order chi connectivity index (χ0) is 31.2. The second kappa shape index (κ2) is 16.6. The van der Waals surface area contributed by atoms with Gasteiger partial charge >= 0.3 is 11.9 Å². The zero-order valence-electron chi connectivity index (χ0n) is 25.3. The number of methoxy groups -OCH3 is 3. The molecule has 0 spiro atoms. The number of rotatable bonds is 14. The Morgan fingerprint density at radius 1 is 0.814 bits per heavy atom. The fourth-order valence-corrected chi connectivity index (χ4v) is 4.30. The minimum absolute atomic E-state index is 0.0583. The van der Waals surface area contributed by atoms with Crippen LogP contribution in [-0.2, 0) is 27.1 Å². The van der Waals surface area contributed by atoms with Crippen molar-refractivity contribution in [2.24, 2.45) is 0 Å². The van der Waals surface area contributed by atoms with E-state index >= 15 is 0 Å². The lowest BCUT2D eigenvalue weighted by atomic mass is 10.0. The molecule has 0 aliphatic rings. The van der Waals surface area contributed by atoms with E-state index in [4.69, 9.17) is 23.7 Å². The molecule has 2 aromatic carbocycles. The molecule has 0 amide bonds. The average molecular weight is 588 g/mol. The van der Waals surface area contributed by atoms with Crippen LogP contribution in [0.3, 0.4) is 0 Å². The van der Waals surface area contributed by atoms with Crippen LogP contribution in [0.25, 0.3) is 0 Å². The largest absolute Gasteiger partial charge is 0.496 e. The third-order valence-electron chi connectivity index (χ3n) is 6.47. The highest BCUT2D eigenvalue weighted by atomic mass is 16.5. The van der Waals surface area contributed by atoms with Gasteiger partial charge in [0, 0.05) is 24.0 Å². The molecule has 9 nitrogen and oxygen atoms in total. The fraction of sp³-hybridized carbons (Fsp3) is 0.353. The number of nitrogens with zero attached hydrogens (tertiary/aromatic N) is 1. The monoisotopic (exact) mass is 587 g/mol. The number of esters is 2. The number of carbonyl (C=O) groups excluding carboxylic acids is 3. The number of hydrogen-bond acceptors (Lipinski definition) is 9. The molecule has 0 N–H and O–H groups in total. The Morgan fingerprint density at radius 3 is 2.14 bits per heavy atom. The molecule has 1 aromatic heterocycles. The summed E-state index contributed by atoms with van der Waals surface area (Å²) in [5, 5.41) is 0. The first-order valence-electron chi connectivity index (χ1n) is 14.0. The van der Waals surface area contributed by atoms with Crippen LogP contribution in [0.5, 0.6) is 17.2 Å². The number of benzene rings is 2. The number of hydrogen-bond donors (Lipinski definition) is 0. The molecule has 43 heavy (non-hydrogen) atoms. The molecule has 0 saturated carbocycles. The zero-order valence-corrected chi connectivity index (χ0v) is 25.3. The Labute approximate surface area is 252 Å². The molecule has 0 aliphatic heterocycles. The van der Waals surface area contributed by atoms with Gasteiger partial charge in [-0.05, 0) is 67.8 Å². The van der Waals surface area contributed by atoms with Gasteiger partial charge in [0.1, 0.15) is 22.9 Å². The normalized spacial score (nSPS) is 10.3. The molecule has 0 unspecified atom stereocenters. The van der Waals surface area contributed by atoms with E-state index in [0.717, 1.165) is 18.4 Å². The van der Waals surface area contributed by atoms with Gasteiger partial charge in [0.25, 0.3) is 0 Å². The third kappa shape index (κ3) is 9.33. The third-order valence-corrected chi connectivity index (χ3v) is 6.47. The van der Waals surface area contributed by atoms with Crippen LogP contribution in [-0.4, -0.2) is 57.2 Å². The standard InChI is InChI=1S/C34H37NO8/c1-6-8-28-30(19-16-27(23(2)36)33(28)40-4)42-21-7-22-43-31-18-15-26(35-29(31)17-20-32(37)39-3)14-11-24-9-12-25(13-10-24)34(38)41-5/h9-10,12-13,15-16,18-19H,6-8,17,20-22H2,1-5H3. The quantitative estimate of drug-likeness (QED) is 0.106. The number of ether oxygens (including phenoxy) is 5. The predicted octanol–water partition coefficient (Wildman–Crippen LogP) is 5.39. The lowest BCUT2D eigenvalue weighted by Gasteiger charge is -2.17. The molecule has 0 saturated heterocycles. The SMILES string of the molecule is CCCc1c(OCCCOc2ccc(C#Cc3ccc(C(=O)OC)cc3)nc2CCC(=O)OC)ccc(C(C)=O)c1OC. The number of aryl methyl sites for hydroxylation is 1. The summed E-state index contributed by atoms with van der Waals surface area (Å²) in [5.74, 6) is 7.03. The van der Waals surface area contributed by atoms with E-state index < -0.39 is 5.97 Å². The molecular formula is C34H37NO8. The molecular weight excluding hydrogens is 550 g/mol. The van der Waals surface area contributed by atoms with E-state index in [2.05, 4.69) is 23.7 Å². The van der Waals surface area contributed by atoms with E-state index in [1.807, 2.05) is 6.07 Å². The van der Waals surface area contributed by atoms with Crippen molar-refractivity contribution in [3.05, 3.63) is 82.2 Å². The first-order valence-corrected chi connectivity index (χ1v) is 14.0. The summed E-state index contributed by atoms with van der Waals surface area (Å²) < 4.78 is 27.1. The summed E-state index contributed by atoms with van der Waals surface area (Å²) >= 11 is 0. The summed E-state index contributed by atoms with van der Waals surface area (Å²) in [6.45, 7) is 4.33. The Bertz CT molecular complexity index is 1480. The van der Waals surface area contributed by atoms with Crippen LogP contribution < -0.4 is 14.2 Å². The van der Waals surface area contributed by atoms with Crippen LogP contribution in [0.15, 0.2) is 48.5 Å². The molecule has 0 radical (unpaired) electrons.